The number of hydrogen-bond donors (Lipinski definition) is 1. The Kier molecular flexibility index (Phi) is 6.71. The van der Waals surface area contributed by atoms with Crippen LogP contribution >= 0.6 is 11.3 Å². The molecule has 0 saturated carbocycles. The summed E-state index contributed by atoms with van der Waals surface area (Å²) in [6, 6.07) is 20.5. The van der Waals surface area contributed by atoms with Gasteiger partial charge in [0.25, 0.3) is 11.5 Å². The van der Waals surface area contributed by atoms with Gasteiger partial charge in [-0.3, -0.25) is 9.59 Å². The smallest absolute Gasteiger partial charge is 0.287 e. The number of thiophene rings is 1. The molecule has 0 fully saturated rings. The van der Waals surface area contributed by atoms with Crippen molar-refractivity contribution in [2.45, 2.75) is 32.9 Å². The van der Waals surface area contributed by atoms with Crippen molar-refractivity contribution in [2.24, 2.45) is 5.92 Å². The van der Waals surface area contributed by atoms with E-state index >= 15 is 0 Å². The maximum Gasteiger partial charge on any atom is 0.287 e. The number of benzene rings is 1. The summed E-state index contributed by atoms with van der Waals surface area (Å²) in [5.41, 5.74) is 2.19. The molecule has 1 aromatic carbocycles. The Morgan fingerprint density at radius 2 is 1.84 bits per heavy atom. The van der Waals surface area contributed by atoms with E-state index in [1.807, 2.05) is 17.5 Å². The number of hydrogen-bond acceptors (Lipinski definition) is 4. The first-order chi connectivity index (χ1) is 15.5. The highest BCUT2D eigenvalue weighted by atomic mass is 32.1. The molecule has 0 bridgehead atoms. The normalized spacial score (nSPS) is 12.1. The third kappa shape index (κ3) is 5.26. The van der Waals surface area contributed by atoms with Gasteiger partial charge in [0.15, 0.2) is 5.76 Å². The van der Waals surface area contributed by atoms with Crippen molar-refractivity contribution < 1.29 is 9.21 Å². The second kappa shape index (κ2) is 9.83. The SMILES string of the molecule is CC(C)Cc1ccc(C(NC(=O)c2ccc(Cn3ccccc3=O)o2)c2cccs2)cc1. The monoisotopic (exact) mass is 446 g/mol. The van der Waals surface area contributed by atoms with E-state index in [-0.39, 0.29) is 29.8 Å². The third-order valence-electron chi connectivity index (χ3n) is 5.17. The molecule has 164 valence electrons. The molecule has 3 heterocycles. The standard InChI is InChI=1S/C26H26N2O3S/c1-18(2)16-19-8-10-20(11-9-19)25(23-6-5-15-32-23)27-26(30)22-13-12-21(31-22)17-28-14-4-3-7-24(28)29/h3-15,18,25H,16-17H2,1-2H3,(H,27,30). The molecular formula is C26H26N2O3S. The summed E-state index contributed by atoms with van der Waals surface area (Å²) in [7, 11) is 0. The van der Waals surface area contributed by atoms with Gasteiger partial charge in [0, 0.05) is 17.1 Å². The van der Waals surface area contributed by atoms with Crippen LogP contribution in [-0.2, 0) is 13.0 Å². The Morgan fingerprint density at radius 3 is 2.53 bits per heavy atom. The Morgan fingerprint density at radius 1 is 1.03 bits per heavy atom. The van der Waals surface area contributed by atoms with Gasteiger partial charge < -0.3 is 14.3 Å². The topological polar surface area (TPSA) is 64.2 Å². The number of carbonyl (C=O) groups is 1. The molecule has 32 heavy (non-hydrogen) atoms. The summed E-state index contributed by atoms with van der Waals surface area (Å²) >= 11 is 1.60. The average Bonchev–Trinajstić information content (AvgIpc) is 3.46. The number of aromatic nitrogens is 1. The number of pyridine rings is 1. The molecule has 5 nitrogen and oxygen atoms in total. The molecule has 4 aromatic rings. The zero-order valence-electron chi connectivity index (χ0n) is 18.2. The molecule has 1 atom stereocenters. The van der Waals surface area contributed by atoms with Crippen molar-refractivity contribution in [3.63, 3.8) is 0 Å². The molecule has 6 heteroatoms. The number of amides is 1. The number of rotatable bonds is 8. The lowest BCUT2D eigenvalue weighted by Crippen LogP contribution is -2.28. The van der Waals surface area contributed by atoms with Gasteiger partial charge in [0.2, 0.25) is 0 Å². The summed E-state index contributed by atoms with van der Waals surface area (Å²) < 4.78 is 7.29. The zero-order chi connectivity index (χ0) is 22.5. The summed E-state index contributed by atoms with van der Waals surface area (Å²) in [4.78, 5) is 26.0. The Hall–Kier alpha value is -3.38. The predicted octanol–water partition coefficient (Wildman–Crippen LogP) is 5.27. The van der Waals surface area contributed by atoms with Gasteiger partial charge in [-0.15, -0.1) is 11.3 Å². The number of furan rings is 1. The fraction of sp³-hybridized carbons (Fsp3) is 0.231. The van der Waals surface area contributed by atoms with Crippen LogP contribution in [0, 0.1) is 5.92 Å². The van der Waals surface area contributed by atoms with Crippen LogP contribution in [0.1, 0.15) is 52.2 Å². The van der Waals surface area contributed by atoms with E-state index in [0.29, 0.717) is 11.7 Å². The molecule has 0 saturated heterocycles. The van der Waals surface area contributed by atoms with Crippen LogP contribution in [0.4, 0.5) is 0 Å². The summed E-state index contributed by atoms with van der Waals surface area (Å²) in [6.45, 7) is 4.68. The van der Waals surface area contributed by atoms with E-state index in [1.54, 1.807) is 41.8 Å². The molecule has 0 radical (unpaired) electrons. The van der Waals surface area contributed by atoms with Crippen molar-refractivity contribution in [1.82, 2.24) is 9.88 Å². The Labute approximate surface area is 191 Å². The summed E-state index contributed by atoms with van der Waals surface area (Å²) in [5.74, 6) is 1.07. The van der Waals surface area contributed by atoms with E-state index < -0.39 is 0 Å². The minimum Gasteiger partial charge on any atom is -0.454 e. The van der Waals surface area contributed by atoms with Crippen molar-refractivity contribution >= 4 is 17.2 Å². The lowest BCUT2D eigenvalue weighted by Gasteiger charge is -2.18. The first kappa shape index (κ1) is 21.8. The molecule has 0 spiro atoms. The first-order valence-corrected chi connectivity index (χ1v) is 11.5. The number of carbonyl (C=O) groups excluding carboxylic acids is 1. The molecule has 1 N–H and O–H groups in total. The van der Waals surface area contributed by atoms with Gasteiger partial charge in [0.1, 0.15) is 5.76 Å². The van der Waals surface area contributed by atoms with E-state index in [9.17, 15) is 9.59 Å². The van der Waals surface area contributed by atoms with Crippen LogP contribution in [0.5, 0.6) is 0 Å². The number of nitrogens with zero attached hydrogens (tertiary/aromatic N) is 1. The van der Waals surface area contributed by atoms with E-state index in [2.05, 4.69) is 43.4 Å². The van der Waals surface area contributed by atoms with E-state index in [1.165, 1.54) is 16.2 Å². The van der Waals surface area contributed by atoms with Gasteiger partial charge in [-0.25, -0.2) is 0 Å². The fourth-order valence-electron chi connectivity index (χ4n) is 3.64. The molecule has 4 rings (SSSR count). The molecular weight excluding hydrogens is 420 g/mol. The van der Waals surface area contributed by atoms with Crippen LogP contribution in [0.25, 0.3) is 0 Å². The molecule has 3 aromatic heterocycles. The minimum absolute atomic E-state index is 0.117. The highest BCUT2D eigenvalue weighted by molar-refractivity contribution is 7.10. The lowest BCUT2D eigenvalue weighted by molar-refractivity contribution is 0.0913. The second-order valence-corrected chi connectivity index (χ2v) is 9.17. The fourth-order valence-corrected chi connectivity index (χ4v) is 4.44. The maximum atomic E-state index is 13.0. The largest absolute Gasteiger partial charge is 0.454 e. The zero-order valence-corrected chi connectivity index (χ0v) is 19.0. The highest BCUT2D eigenvalue weighted by Crippen LogP contribution is 2.27. The third-order valence-corrected chi connectivity index (χ3v) is 6.11. The van der Waals surface area contributed by atoms with Gasteiger partial charge >= 0.3 is 0 Å². The molecule has 0 aliphatic heterocycles. The Bertz CT molecular complexity index is 1220. The summed E-state index contributed by atoms with van der Waals surface area (Å²) in [6.07, 6.45) is 2.72. The van der Waals surface area contributed by atoms with Crippen molar-refractivity contribution in [2.75, 3.05) is 0 Å². The molecule has 0 aliphatic rings. The van der Waals surface area contributed by atoms with Crippen LogP contribution in [-0.4, -0.2) is 10.5 Å². The number of nitrogens with one attached hydrogen (secondary N) is 1. The van der Waals surface area contributed by atoms with Gasteiger partial charge in [-0.05, 0) is 53.1 Å². The van der Waals surface area contributed by atoms with Crippen molar-refractivity contribution in [3.05, 3.63) is 116 Å². The summed E-state index contributed by atoms with van der Waals surface area (Å²) in [5, 5.41) is 5.11. The highest BCUT2D eigenvalue weighted by Gasteiger charge is 2.21. The Balaban J connectivity index is 1.52. The first-order valence-electron chi connectivity index (χ1n) is 10.7. The van der Waals surface area contributed by atoms with Crippen LogP contribution < -0.4 is 10.9 Å². The van der Waals surface area contributed by atoms with Crippen LogP contribution in [0.2, 0.25) is 0 Å². The molecule has 1 unspecified atom stereocenters. The van der Waals surface area contributed by atoms with Gasteiger partial charge in [0.05, 0.1) is 12.6 Å². The van der Waals surface area contributed by atoms with Gasteiger partial charge in [-0.2, -0.15) is 0 Å². The molecule has 1 amide bonds. The minimum atomic E-state index is -0.290. The van der Waals surface area contributed by atoms with E-state index in [4.69, 9.17) is 4.42 Å². The maximum absolute atomic E-state index is 13.0. The molecule has 0 aliphatic carbocycles. The quantitative estimate of drug-likeness (QED) is 0.401. The van der Waals surface area contributed by atoms with Crippen molar-refractivity contribution in [3.8, 4) is 0 Å². The van der Waals surface area contributed by atoms with Crippen LogP contribution in [0.3, 0.4) is 0 Å². The van der Waals surface area contributed by atoms with E-state index in [0.717, 1.165) is 16.9 Å². The average molecular weight is 447 g/mol. The second-order valence-electron chi connectivity index (χ2n) is 8.19. The van der Waals surface area contributed by atoms with Crippen molar-refractivity contribution in [1.29, 1.82) is 0 Å². The predicted molar refractivity (Wildman–Crippen MR) is 127 cm³/mol. The lowest BCUT2D eigenvalue weighted by atomic mass is 9.98. The van der Waals surface area contributed by atoms with Gasteiger partial charge in [-0.1, -0.05) is 50.2 Å². The van der Waals surface area contributed by atoms with Crippen LogP contribution in [0.15, 0.2) is 87.5 Å².